The molecule has 0 unspecified atom stereocenters. The summed E-state index contributed by atoms with van der Waals surface area (Å²) in [6.45, 7) is 0.394. The van der Waals surface area contributed by atoms with Crippen molar-refractivity contribution >= 4 is 0 Å². The Balaban J connectivity index is 2.10. The monoisotopic (exact) mass is 265 g/mol. The predicted molar refractivity (Wildman–Crippen MR) is 78.6 cm³/mol. The van der Waals surface area contributed by atoms with Crippen LogP contribution in [-0.2, 0) is 6.54 Å². The quantitative estimate of drug-likeness (QED) is 0.765. The lowest BCUT2D eigenvalue weighted by Crippen LogP contribution is -2.07. The van der Waals surface area contributed by atoms with Crippen LogP contribution in [0.25, 0.3) is 16.8 Å². The molecular weight excluding hydrogens is 250 g/mol. The minimum absolute atomic E-state index is 0.249. The maximum Gasteiger partial charge on any atom is 0.115 e. The van der Waals surface area contributed by atoms with E-state index in [1.165, 1.54) is 0 Å². The van der Waals surface area contributed by atoms with E-state index in [0.717, 1.165) is 22.5 Å². The zero-order valence-electron chi connectivity index (χ0n) is 10.9. The summed E-state index contributed by atoms with van der Waals surface area (Å²) < 4.78 is 1.85. The molecule has 3 N–H and O–H groups in total. The highest BCUT2D eigenvalue weighted by molar-refractivity contribution is 5.67. The fourth-order valence-electron chi connectivity index (χ4n) is 2.24. The molecule has 20 heavy (non-hydrogen) atoms. The summed E-state index contributed by atoms with van der Waals surface area (Å²) in [5.74, 6) is 0.249. The first-order valence-corrected chi connectivity index (χ1v) is 6.41. The van der Waals surface area contributed by atoms with Gasteiger partial charge in [-0.25, -0.2) is 4.68 Å². The lowest BCUT2D eigenvalue weighted by molar-refractivity contribution is 0.475. The summed E-state index contributed by atoms with van der Waals surface area (Å²) >= 11 is 0. The number of phenolic OH excluding ortho intramolecular Hbond substituents is 1. The standard InChI is InChI=1S/C16H15N3O/c17-10-16-15(12-6-8-14(20)9-7-12)11-18-19(16)13-4-2-1-3-5-13/h1-9,11,20H,10,17H2. The first kappa shape index (κ1) is 12.4. The molecule has 0 radical (unpaired) electrons. The minimum Gasteiger partial charge on any atom is -0.508 e. The van der Waals surface area contributed by atoms with E-state index >= 15 is 0 Å². The third-order valence-corrected chi connectivity index (χ3v) is 3.24. The van der Waals surface area contributed by atoms with Gasteiger partial charge in [0.15, 0.2) is 0 Å². The topological polar surface area (TPSA) is 64.1 Å². The Morgan fingerprint density at radius 3 is 2.35 bits per heavy atom. The highest BCUT2D eigenvalue weighted by Gasteiger charge is 2.12. The number of para-hydroxylation sites is 1. The number of aromatic nitrogens is 2. The molecule has 0 spiro atoms. The molecule has 1 heterocycles. The number of hydrogen-bond acceptors (Lipinski definition) is 3. The molecule has 0 aliphatic heterocycles. The molecule has 0 atom stereocenters. The molecule has 0 fully saturated rings. The Hall–Kier alpha value is -2.59. The van der Waals surface area contributed by atoms with Crippen molar-refractivity contribution in [3.8, 4) is 22.6 Å². The van der Waals surface area contributed by atoms with Crippen LogP contribution in [0, 0.1) is 0 Å². The molecule has 4 nitrogen and oxygen atoms in total. The van der Waals surface area contributed by atoms with E-state index in [1.807, 2.05) is 53.3 Å². The van der Waals surface area contributed by atoms with Crippen LogP contribution in [0.4, 0.5) is 0 Å². The Morgan fingerprint density at radius 2 is 1.70 bits per heavy atom. The van der Waals surface area contributed by atoms with Crippen LogP contribution in [0.5, 0.6) is 5.75 Å². The van der Waals surface area contributed by atoms with Crippen molar-refractivity contribution in [2.45, 2.75) is 6.54 Å². The van der Waals surface area contributed by atoms with Gasteiger partial charge in [0.05, 0.1) is 17.6 Å². The van der Waals surface area contributed by atoms with Gasteiger partial charge in [0.1, 0.15) is 5.75 Å². The largest absolute Gasteiger partial charge is 0.508 e. The van der Waals surface area contributed by atoms with Crippen LogP contribution in [-0.4, -0.2) is 14.9 Å². The number of benzene rings is 2. The smallest absolute Gasteiger partial charge is 0.115 e. The van der Waals surface area contributed by atoms with Gasteiger partial charge >= 0.3 is 0 Å². The van der Waals surface area contributed by atoms with Crippen molar-refractivity contribution in [2.75, 3.05) is 0 Å². The molecule has 0 aliphatic carbocycles. The zero-order chi connectivity index (χ0) is 13.9. The van der Waals surface area contributed by atoms with Gasteiger partial charge in [-0.2, -0.15) is 5.10 Å². The van der Waals surface area contributed by atoms with Crippen molar-refractivity contribution in [3.63, 3.8) is 0 Å². The summed E-state index contributed by atoms with van der Waals surface area (Å²) in [5.41, 5.74) is 9.79. The fraction of sp³-hybridized carbons (Fsp3) is 0.0625. The molecule has 0 saturated carbocycles. The van der Waals surface area contributed by atoms with Crippen molar-refractivity contribution in [1.29, 1.82) is 0 Å². The van der Waals surface area contributed by atoms with Gasteiger partial charge < -0.3 is 10.8 Å². The number of nitrogens with two attached hydrogens (primary N) is 1. The van der Waals surface area contributed by atoms with Crippen molar-refractivity contribution in [3.05, 3.63) is 66.5 Å². The van der Waals surface area contributed by atoms with E-state index in [2.05, 4.69) is 5.10 Å². The van der Waals surface area contributed by atoms with Crippen molar-refractivity contribution < 1.29 is 5.11 Å². The Labute approximate surface area is 117 Å². The highest BCUT2D eigenvalue weighted by atomic mass is 16.3. The number of rotatable bonds is 3. The normalized spacial score (nSPS) is 10.7. The maximum atomic E-state index is 9.37. The molecule has 0 amide bonds. The number of aromatic hydroxyl groups is 1. The van der Waals surface area contributed by atoms with Gasteiger partial charge in [-0.15, -0.1) is 0 Å². The molecular formula is C16H15N3O. The van der Waals surface area contributed by atoms with Crippen LogP contribution in [0.15, 0.2) is 60.8 Å². The van der Waals surface area contributed by atoms with Crippen LogP contribution < -0.4 is 5.73 Å². The van der Waals surface area contributed by atoms with Crippen LogP contribution >= 0.6 is 0 Å². The molecule has 100 valence electrons. The van der Waals surface area contributed by atoms with Gasteiger partial charge in [0.25, 0.3) is 0 Å². The molecule has 0 bridgehead atoms. The van der Waals surface area contributed by atoms with E-state index in [4.69, 9.17) is 5.73 Å². The SMILES string of the molecule is NCc1c(-c2ccc(O)cc2)cnn1-c1ccccc1. The number of phenols is 1. The molecule has 0 saturated heterocycles. The van der Waals surface area contributed by atoms with Crippen LogP contribution in [0.1, 0.15) is 5.69 Å². The first-order chi connectivity index (χ1) is 9.79. The first-order valence-electron chi connectivity index (χ1n) is 6.41. The maximum absolute atomic E-state index is 9.37. The average molecular weight is 265 g/mol. The van der Waals surface area contributed by atoms with Gasteiger partial charge in [-0.3, -0.25) is 0 Å². The van der Waals surface area contributed by atoms with Gasteiger partial charge in [-0.1, -0.05) is 30.3 Å². The summed E-state index contributed by atoms with van der Waals surface area (Å²) in [6.07, 6.45) is 1.81. The Morgan fingerprint density at radius 1 is 1.00 bits per heavy atom. The van der Waals surface area contributed by atoms with E-state index in [0.29, 0.717) is 6.54 Å². The third kappa shape index (κ3) is 2.17. The van der Waals surface area contributed by atoms with Crippen LogP contribution in [0.3, 0.4) is 0 Å². The van der Waals surface area contributed by atoms with Gasteiger partial charge in [0, 0.05) is 12.1 Å². The predicted octanol–water partition coefficient (Wildman–Crippen LogP) is 2.70. The molecule has 4 heteroatoms. The minimum atomic E-state index is 0.249. The summed E-state index contributed by atoms with van der Waals surface area (Å²) in [7, 11) is 0. The Bertz CT molecular complexity index is 702. The second-order valence-corrected chi connectivity index (χ2v) is 4.50. The lowest BCUT2D eigenvalue weighted by atomic mass is 10.1. The third-order valence-electron chi connectivity index (χ3n) is 3.24. The van der Waals surface area contributed by atoms with Crippen molar-refractivity contribution in [1.82, 2.24) is 9.78 Å². The summed E-state index contributed by atoms with van der Waals surface area (Å²) in [5, 5.41) is 13.8. The molecule has 3 aromatic rings. The number of hydrogen-bond donors (Lipinski definition) is 2. The second kappa shape index (κ2) is 5.19. The lowest BCUT2D eigenvalue weighted by Gasteiger charge is -2.08. The van der Waals surface area contributed by atoms with E-state index in [-0.39, 0.29) is 5.75 Å². The summed E-state index contributed by atoms with van der Waals surface area (Å²) in [6, 6.07) is 16.9. The van der Waals surface area contributed by atoms with Gasteiger partial charge in [0.2, 0.25) is 0 Å². The molecule has 2 aromatic carbocycles. The molecule has 3 rings (SSSR count). The fourth-order valence-corrected chi connectivity index (χ4v) is 2.24. The van der Waals surface area contributed by atoms with E-state index in [1.54, 1.807) is 12.1 Å². The van der Waals surface area contributed by atoms with E-state index in [9.17, 15) is 5.11 Å². The van der Waals surface area contributed by atoms with Crippen LogP contribution in [0.2, 0.25) is 0 Å². The number of nitrogens with zero attached hydrogens (tertiary/aromatic N) is 2. The highest BCUT2D eigenvalue weighted by Crippen LogP contribution is 2.26. The van der Waals surface area contributed by atoms with Gasteiger partial charge in [-0.05, 0) is 29.8 Å². The molecule has 1 aromatic heterocycles. The molecule has 0 aliphatic rings. The second-order valence-electron chi connectivity index (χ2n) is 4.50. The Kier molecular flexibility index (Phi) is 3.23. The van der Waals surface area contributed by atoms with E-state index < -0.39 is 0 Å². The summed E-state index contributed by atoms with van der Waals surface area (Å²) in [4.78, 5) is 0. The average Bonchev–Trinajstić information content (AvgIpc) is 2.93. The zero-order valence-corrected chi connectivity index (χ0v) is 10.9. The van der Waals surface area contributed by atoms with Crippen molar-refractivity contribution in [2.24, 2.45) is 5.73 Å².